The molecule has 1 aromatic carbocycles. The minimum atomic E-state index is -0.399. The number of aromatic nitrogens is 2. The molecule has 0 spiro atoms. The summed E-state index contributed by atoms with van der Waals surface area (Å²) in [6, 6.07) is 7.24. The smallest absolute Gasteiger partial charge is 0.257 e. The summed E-state index contributed by atoms with van der Waals surface area (Å²) in [5.74, 6) is 1.92. The number of fused-ring (bicyclic) bond motifs is 1. The summed E-state index contributed by atoms with van der Waals surface area (Å²) in [5, 5.41) is 12.7. The van der Waals surface area contributed by atoms with E-state index in [1.807, 2.05) is 19.1 Å². The first-order valence-corrected chi connectivity index (χ1v) is 9.67. The Bertz CT molecular complexity index is 878. The number of nitrogens with zero attached hydrogens (tertiary/aromatic N) is 2. The van der Waals surface area contributed by atoms with Gasteiger partial charge in [-0.15, -0.1) is 0 Å². The average molecular weight is 366 g/mol. The van der Waals surface area contributed by atoms with E-state index < -0.39 is 5.54 Å². The summed E-state index contributed by atoms with van der Waals surface area (Å²) in [5.41, 5.74) is 7.92. The van der Waals surface area contributed by atoms with E-state index in [9.17, 15) is 9.90 Å². The fourth-order valence-electron chi connectivity index (χ4n) is 3.84. The molecule has 0 bridgehead atoms. The lowest BCUT2D eigenvalue weighted by Crippen LogP contribution is -2.52. The molecule has 1 saturated carbocycles. The summed E-state index contributed by atoms with van der Waals surface area (Å²) in [6.45, 7) is 2.04. The van der Waals surface area contributed by atoms with Crippen molar-refractivity contribution in [3.63, 3.8) is 0 Å². The quantitative estimate of drug-likeness (QED) is 0.730. The number of amides is 1. The molecule has 6 nitrogen and oxygen atoms in total. The Labute approximate surface area is 159 Å². The topological polar surface area (TPSA) is 101 Å². The zero-order chi connectivity index (χ0) is 19.0. The van der Waals surface area contributed by atoms with E-state index in [0.717, 1.165) is 48.7 Å². The van der Waals surface area contributed by atoms with E-state index >= 15 is 0 Å². The van der Waals surface area contributed by atoms with Gasteiger partial charge >= 0.3 is 0 Å². The second-order valence-corrected chi connectivity index (χ2v) is 8.19. The monoisotopic (exact) mass is 366 g/mol. The first kappa shape index (κ1) is 17.8. The van der Waals surface area contributed by atoms with Gasteiger partial charge in [-0.05, 0) is 49.8 Å². The average Bonchev–Trinajstić information content (AvgIpc) is 3.42. The number of rotatable bonds is 6. The van der Waals surface area contributed by atoms with E-state index in [-0.39, 0.29) is 11.7 Å². The molecule has 4 N–H and O–H groups in total. The van der Waals surface area contributed by atoms with Crippen molar-refractivity contribution in [1.29, 1.82) is 0 Å². The molecule has 0 saturated heterocycles. The van der Waals surface area contributed by atoms with Gasteiger partial charge in [0.15, 0.2) is 0 Å². The van der Waals surface area contributed by atoms with Gasteiger partial charge in [-0.3, -0.25) is 4.79 Å². The molecule has 1 aliphatic heterocycles. The molecule has 6 heteroatoms. The molecule has 1 aliphatic carbocycles. The van der Waals surface area contributed by atoms with Gasteiger partial charge in [0.05, 0.1) is 5.69 Å². The number of anilines is 1. The van der Waals surface area contributed by atoms with Crippen molar-refractivity contribution in [2.45, 2.75) is 57.4 Å². The number of benzene rings is 1. The third-order valence-electron chi connectivity index (χ3n) is 5.61. The van der Waals surface area contributed by atoms with E-state index in [1.54, 1.807) is 12.1 Å². The number of hydrogen-bond acceptors (Lipinski definition) is 5. The molecule has 142 valence electrons. The van der Waals surface area contributed by atoms with Crippen LogP contribution in [-0.2, 0) is 19.3 Å². The number of hydrogen-bond donors (Lipinski definition) is 3. The maximum absolute atomic E-state index is 12.7. The zero-order valence-corrected chi connectivity index (χ0v) is 15.7. The predicted molar refractivity (Wildman–Crippen MR) is 103 cm³/mol. The van der Waals surface area contributed by atoms with Gasteiger partial charge in [-0.1, -0.05) is 25.0 Å². The summed E-state index contributed by atoms with van der Waals surface area (Å²) < 4.78 is 0. The third kappa shape index (κ3) is 4.04. The van der Waals surface area contributed by atoms with Crippen LogP contribution in [0.2, 0.25) is 0 Å². The highest BCUT2D eigenvalue weighted by Crippen LogP contribution is 2.34. The van der Waals surface area contributed by atoms with Crippen molar-refractivity contribution in [2.75, 3.05) is 5.73 Å². The molecule has 27 heavy (non-hydrogen) atoms. The SMILES string of the molecule is C[C@]1(CCc2cccc(O)c2)Cc2nc(CCC3CC3)nc(N)c2C(=O)N1. The summed E-state index contributed by atoms with van der Waals surface area (Å²) >= 11 is 0. The Morgan fingerprint density at radius 1 is 1.30 bits per heavy atom. The molecule has 4 rings (SSSR count). The first-order chi connectivity index (χ1) is 12.9. The number of phenols is 1. The fourth-order valence-corrected chi connectivity index (χ4v) is 3.84. The van der Waals surface area contributed by atoms with Gasteiger partial charge in [0.1, 0.15) is 23.0 Å². The fraction of sp³-hybridized carbons (Fsp3) is 0.476. The Morgan fingerprint density at radius 3 is 2.85 bits per heavy atom. The lowest BCUT2D eigenvalue weighted by molar-refractivity contribution is 0.0881. The molecular weight excluding hydrogens is 340 g/mol. The third-order valence-corrected chi connectivity index (χ3v) is 5.61. The molecule has 1 aromatic heterocycles. The number of carbonyl (C=O) groups is 1. The van der Waals surface area contributed by atoms with E-state index in [1.165, 1.54) is 12.8 Å². The van der Waals surface area contributed by atoms with Gasteiger partial charge in [0.25, 0.3) is 5.91 Å². The van der Waals surface area contributed by atoms with Crippen LogP contribution < -0.4 is 11.1 Å². The second-order valence-electron chi connectivity index (χ2n) is 8.19. The van der Waals surface area contributed by atoms with Gasteiger partial charge in [0.2, 0.25) is 0 Å². The van der Waals surface area contributed by atoms with Gasteiger partial charge in [0, 0.05) is 18.4 Å². The van der Waals surface area contributed by atoms with Gasteiger partial charge in [-0.2, -0.15) is 0 Å². The van der Waals surface area contributed by atoms with Crippen molar-refractivity contribution in [3.05, 3.63) is 46.9 Å². The second kappa shape index (κ2) is 6.83. The Kier molecular flexibility index (Phi) is 4.50. The lowest BCUT2D eigenvalue weighted by atomic mass is 9.84. The first-order valence-electron chi connectivity index (χ1n) is 9.67. The minimum Gasteiger partial charge on any atom is -0.508 e. The zero-order valence-electron chi connectivity index (χ0n) is 15.7. The standard InChI is InChI=1S/C21H26N4O2/c1-21(10-9-14-3-2-4-15(26)11-14)12-16-18(20(27)25-21)19(22)24-17(23-16)8-7-13-5-6-13/h2-4,11,13,26H,5-10,12H2,1H3,(H,25,27)(H2,22,23,24)/t21-/m0/s1. The van der Waals surface area contributed by atoms with Crippen LogP contribution in [0.3, 0.4) is 0 Å². The molecular formula is C21H26N4O2. The number of aryl methyl sites for hydroxylation is 2. The molecule has 2 aromatic rings. The van der Waals surface area contributed by atoms with Crippen LogP contribution in [0, 0.1) is 5.92 Å². The number of phenolic OH excluding ortho intramolecular Hbond substituents is 1. The molecule has 1 amide bonds. The Morgan fingerprint density at radius 2 is 2.11 bits per heavy atom. The summed E-state index contributed by atoms with van der Waals surface area (Å²) in [6.07, 6.45) is 6.67. The Balaban J connectivity index is 1.51. The highest BCUT2D eigenvalue weighted by Gasteiger charge is 2.36. The van der Waals surface area contributed by atoms with Crippen LogP contribution in [0.4, 0.5) is 5.82 Å². The number of nitrogen functional groups attached to an aromatic ring is 1. The molecule has 0 unspecified atom stereocenters. The minimum absolute atomic E-state index is 0.194. The maximum Gasteiger partial charge on any atom is 0.257 e. The van der Waals surface area contributed by atoms with E-state index in [0.29, 0.717) is 17.8 Å². The van der Waals surface area contributed by atoms with Crippen molar-refractivity contribution in [1.82, 2.24) is 15.3 Å². The Hall–Kier alpha value is -2.63. The van der Waals surface area contributed by atoms with Gasteiger partial charge in [-0.25, -0.2) is 9.97 Å². The van der Waals surface area contributed by atoms with Crippen LogP contribution in [0.5, 0.6) is 5.75 Å². The highest BCUT2D eigenvalue weighted by atomic mass is 16.3. The number of nitrogens with one attached hydrogen (secondary N) is 1. The van der Waals surface area contributed by atoms with Crippen LogP contribution in [0.1, 0.15) is 60.0 Å². The van der Waals surface area contributed by atoms with E-state index in [2.05, 4.69) is 10.3 Å². The largest absolute Gasteiger partial charge is 0.508 e. The highest BCUT2D eigenvalue weighted by molar-refractivity contribution is 6.00. The summed E-state index contributed by atoms with van der Waals surface area (Å²) in [7, 11) is 0. The predicted octanol–water partition coefficient (Wildman–Crippen LogP) is 2.78. The number of nitrogens with two attached hydrogens (primary N) is 1. The maximum atomic E-state index is 12.7. The van der Waals surface area contributed by atoms with Crippen molar-refractivity contribution in [3.8, 4) is 5.75 Å². The van der Waals surface area contributed by atoms with Gasteiger partial charge < -0.3 is 16.2 Å². The van der Waals surface area contributed by atoms with Crippen molar-refractivity contribution in [2.24, 2.45) is 5.92 Å². The number of aromatic hydroxyl groups is 1. The van der Waals surface area contributed by atoms with Crippen LogP contribution in [0.15, 0.2) is 24.3 Å². The molecule has 1 atom stereocenters. The van der Waals surface area contributed by atoms with Crippen molar-refractivity contribution < 1.29 is 9.90 Å². The molecule has 0 radical (unpaired) electrons. The molecule has 2 aliphatic rings. The van der Waals surface area contributed by atoms with Crippen LogP contribution in [-0.4, -0.2) is 26.5 Å². The van der Waals surface area contributed by atoms with Crippen LogP contribution >= 0.6 is 0 Å². The van der Waals surface area contributed by atoms with Crippen LogP contribution in [0.25, 0.3) is 0 Å². The normalized spacial score (nSPS) is 21.6. The molecule has 2 heterocycles. The molecule has 1 fully saturated rings. The van der Waals surface area contributed by atoms with Crippen molar-refractivity contribution >= 4 is 11.7 Å². The van der Waals surface area contributed by atoms with E-state index in [4.69, 9.17) is 10.7 Å². The number of carbonyl (C=O) groups excluding carboxylic acids is 1. The lowest BCUT2D eigenvalue weighted by Gasteiger charge is -2.35. The summed E-state index contributed by atoms with van der Waals surface area (Å²) in [4.78, 5) is 21.7.